The summed E-state index contributed by atoms with van der Waals surface area (Å²) in [7, 11) is 0. The Balaban J connectivity index is 1.82. The number of likely N-dealkylation sites (tertiary alicyclic amines) is 1. The van der Waals surface area contributed by atoms with E-state index in [1.807, 2.05) is 12.4 Å². The molecule has 0 amide bonds. The quantitative estimate of drug-likeness (QED) is 0.875. The van der Waals surface area contributed by atoms with Crippen LogP contribution in [0.3, 0.4) is 0 Å². The van der Waals surface area contributed by atoms with Crippen LogP contribution < -0.4 is 5.73 Å². The molecule has 2 N–H and O–H groups in total. The van der Waals surface area contributed by atoms with Crippen LogP contribution in [0.25, 0.3) is 0 Å². The molecule has 3 rings (SSSR count). The van der Waals surface area contributed by atoms with Crippen LogP contribution >= 0.6 is 0 Å². The maximum Gasteiger partial charge on any atom is 0.0707 e. The summed E-state index contributed by atoms with van der Waals surface area (Å²) < 4.78 is 5.90. The third-order valence-electron chi connectivity index (χ3n) is 4.01. The molecule has 4 nitrogen and oxygen atoms in total. The van der Waals surface area contributed by atoms with Gasteiger partial charge in [0, 0.05) is 37.6 Å². The molecular weight excluding hydrogens is 226 g/mol. The van der Waals surface area contributed by atoms with Gasteiger partial charge in [-0.25, -0.2) is 0 Å². The number of rotatable bonds is 3. The zero-order chi connectivity index (χ0) is 12.5. The summed E-state index contributed by atoms with van der Waals surface area (Å²) in [5.74, 6) is 0. The van der Waals surface area contributed by atoms with E-state index in [0.717, 1.165) is 13.1 Å². The Hall–Kier alpha value is -0.970. The number of nitrogens with zero attached hydrogens (tertiary/aromatic N) is 2. The summed E-state index contributed by atoms with van der Waals surface area (Å²) in [5, 5.41) is 0. The van der Waals surface area contributed by atoms with Gasteiger partial charge in [0.25, 0.3) is 0 Å². The molecule has 18 heavy (non-hydrogen) atoms. The highest BCUT2D eigenvalue weighted by molar-refractivity contribution is 5.17. The first-order valence-corrected chi connectivity index (χ1v) is 6.79. The van der Waals surface area contributed by atoms with Gasteiger partial charge in [-0.2, -0.15) is 0 Å². The fraction of sp³-hybridized carbons (Fsp3) is 0.643. The number of fused-ring (bicyclic) bond motifs is 2. The molecule has 4 atom stereocenters. The van der Waals surface area contributed by atoms with Crippen LogP contribution in [0.5, 0.6) is 0 Å². The highest BCUT2D eigenvalue weighted by Crippen LogP contribution is 2.32. The molecule has 2 bridgehead atoms. The SMILES string of the molecule is CC(N)C(c1ccncc1)N1CC2CCC(C1)O2. The van der Waals surface area contributed by atoms with Crippen molar-refractivity contribution in [3.8, 4) is 0 Å². The number of hydrogen-bond donors (Lipinski definition) is 1. The van der Waals surface area contributed by atoms with Crippen molar-refractivity contribution in [1.29, 1.82) is 0 Å². The van der Waals surface area contributed by atoms with E-state index in [-0.39, 0.29) is 12.1 Å². The second-order valence-electron chi connectivity index (χ2n) is 5.50. The number of aromatic nitrogens is 1. The summed E-state index contributed by atoms with van der Waals surface area (Å²) in [5.41, 5.74) is 7.47. The summed E-state index contributed by atoms with van der Waals surface area (Å²) in [4.78, 5) is 6.58. The Bertz CT molecular complexity index is 383. The zero-order valence-electron chi connectivity index (χ0n) is 10.8. The molecule has 0 aliphatic carbocycles. The van der Waals surface area contributed by atoms with E-state index in [1.165, 1.54) is 18.4 Å². The molecule has 0 aromatic carbocycles. The van der Waals surface area contributed by atoms with Crippen molar-refractivity contribution in [3.63, 3.8) is 0 Å². The minimum Gasteiger partial charge on any atom is -0.372 e. The van der Waals surface area contributed by atoms with E-state index >= 15 is 0 Å². The fourth-order valence-corrected chi connectivity index (χ4v) is 3.28. The summed E-state index contributed by atoms with van der Waals surface area (Å²) in [6.45, 7) is 4.10. The average Bonchev–Trinajstić information content (AvgIpc) is 2.70. The van der Waals surface area contributed by atoms with E-state index in [1.54, 1.807) is 0 Å². The highest BCUT2D eigenvalue weighted by Gasteiger charge is 2.37. The lowest BCUT2D eigenvalue weighted by molar-refractivity contribution is -0.0559. The molecule has 0 spiro atoms. The maximum atomic E-state index is 6.21. The van der Waals surface area contributed by atoms with Gasteiger partial charge < -0.3 is 10.5 Å². The van der Waals surface area contributed by atoms with E-state index in [4.69, 9.17) is 10.5 Å². The number of morpholine rings is 1. The van der Waals surface area contributed by atoms with Crippen LogP contribution in [0.15, 0.2) is 24.5 Å². The van der Waals surface area contributed by atoms with Gasteiger partial charge in [0.2, 0.25) is 0 Å². The Morgan fingerprint density at radius 3 is 2.44 bits per heavy atom. The lowest BCUT2D eigenvalue weighted by Gasteiger charge is -2.39. The zero-order valence-corrected chi connectivity index (χ0v) is 10.8. The van der Waals surface area contributed by atoms with Crippen LogP contribution in [0.2, 0.25) is 0 Å². The molecule has 1 aromatic heterocycles. The van der Waals surface area contributed by atoms with Crippen molar-refractivity contribution in [3.05, 3.63) is 30.1 Å². The average molecular weight is 247 g/mol. The Kier molecular flexibility index (Phi) is 3.33. The molecule has 2 aliphatic rings. The minimum atomic E-state index is 0.116. The van der Waals surface area contributed by atoms with Gasteiger partial charge in [-0.3, -0.25) is 9.88 Å². The first kappa shape index (κ1) is 12.1. The van der Waals surface area contributed by atoms with Crippen molar-refractivity contribution in [2.45, 2.75) is 44.1 Å². The number of ether oxygens (including phenoxy) is 1. The predicted molar refractivity (Wildman–Crippen MR) is 70.1 cm³/mol. The van der Waals surface area contributed by atoms with Gasteiger partial charge in [-0.05, 0) is 37.5 Å². The molecule has 2 saturated heterocycles. The second-order valence-corrected chi connectivity index (χ2v) is 5.50. The third kappa shape index (κ3) is 2.28. The molecule has 0 saturated carbocycles. The van der Waals surface area contributed by atoms with Gasteiger partial charge in [0.1, 0.15) is 0 Å². The normalized spacial score (nSPS) is 31.2. The monoisotopic (exact) mass is 247 g/mol. The first-order valence-electron chi connectivity index (χ1n) is 6.79. The van der Waals surface area contributed by atoms with Gasteiger partial charge in [0.05, 0.1) is 12.2 Å². The number of hydrogen-bond acceptors (Lipinski definition) is 4. The summed E-state index contributed by atoms with van der Waals surface area (Å²) in [6.07, 6.45) is 6.91. The smallest absolute Gasteiger partial charge is 0.0707 e. The maximum absolute atomic E-state index is 6.21. The van der Waals surface area contributed by atoms with Gasteiger partial charge in [-0.15, -0.1) is 0 Å². The standard InChI is InChI=1S/C14H21N3O/c1-10(15)14(11-4-6-16-7-5-11)17-8-12-2-3-13(9-17)18-12/h4-7,10,12-14H,2-3,8-9,15H2,1H3. The van der Waals surface area contributed by atoms with Crippen molar-refractivity contribution in [2.24, 2.45) is 5.73 Å². The largest absolute Gasteiger partial charge is 0.372 e. The lowest BCUT2D eigenvalue weighted by atomic mass is 9.99. The molecule has 2 fully saturated rings. The van der Waals surface area contributed by atoms with Crippen LogP contribution in [0, 0.1) is 0 Å². The van der Waals surface area contributed by atoms with E-state index in [0.29, 0.717) is 12.2 Å². The molecule has 2 aliphatic heterocycles. The summed E-state index contributed by atoms with van der Waals surface area (Å²) >= 11 is 0. The Morgan fingerprint density at radius 1 is 1.28 bits per heavy atom. The molecule has 3 heterocycles. The van der Waals surface area contributed by atoms with Gasteiger partial charge in [0.15, 0.2) is 0 Å². The van der Waals surface area contributed by atoms with Crippen LogP contribution in [0.1, 0.15) is 31.4 Å². The van der Waals surface area contributed by atoms with Crippen molar-refractivity contribution >= 4 is 0 Å². The van der Waals surface area contributed by atoms with Crippen LogP contribution in [-0.2, 0) is 4.74 Å². The molecular formula is C14H21N3O. The van der Waals surface area contributed by atoms with Crippen molar-refractivity contribution < 1.29 is 4.74 Å². The first-order chi connectivity index (χ1) is 8.74. The molecule has 1 aromatic rings. The molecule has 0 radical (unpaired) electrons. The van der Waals surface area contributed by atoms with Crippen LogP contribution in [-0.4, -0.2) is 41.2 Å². The third-order valence-corrected chi connectivity index (χ3v) is 4.01. The fourth-order valence-electron chi connectivity index (χ4n) is 3.28. The van der Waals surface area contributed by atoms with Gasteiger partial charge >= 0.3 is 0 Å². The molecule has 4 unspecified atom stereocenters. The molecule has 4 heteroatoms. The second kappa shape index (κ2) is 4.96. The van der Waals surface area contributed by atoms with Crippen molar-refractivity contribution in [2.75, 3.05) is 13.1 Å². The molecule has 98 valence electrons. The number of nitrogens with two attached hydrogens (primary N) is 1. The van der Waals surface area contributed by atoms with Crippen LogP contribution in [0.4, 0.5) is 0 Å². The number of pyridine rings is 1. The van der Waals surface area contributed by atoms with E-state index < -0.39 is 0 Å². The minimum absolute atomic E-state index is 0.116. The van der Waals surface area contributed by atoms with Gasteiger partial charge in [-0.1, -0.05) is 0 Å². The summed E-state index contributed by atoms with van der Waals surface area (Å²) in [6, 6.07) is 4.54. The Morgan fingerprint density at radius 2 is 1.89 bits per heavy atom. The lowest BCUT2D eigenvalue weighted by Crippen LogP contribution is -2.48. The van der Waals surface area contributed by atoms with Crippen molar-refractivity contribution in [1.82, 2.24) is 9.88 Å². The Labute approximate surface area is 108 Å². The van der Waals surface area contributed by atoms with E-state index in [2.05, 4.69) is 28.9 Å². The highest BCUT2D eigenvalue weighted by atomic mass is 16.5. The van der Waals surface area contributed by atoms with E-state index in [9.17, 15) is 0 Å². The topological polar surface area (TPSA) is 51.4 Å². The predicted octanol–water partition coefficient (Wildman–Crippen LogP) is 1.33.